The molecule has 0 saturated carbocycles. The van der Waals surface area contributed by atoms with Crippen molar-refractivity contribution in [3.63, 3.8) is 0 Å². The van der Waals surface area contributed by atoms with Crippen molar-refractivity contribution < 1.29 is 4.92 Å². The van der Waals surface area contributed by atoms with Gasteiger partial charge in [-0.1, -0.05) is 29.6 Å². The average molecular weight is 332 g/mol. The van der Waals surface area contributed by atoms with Crippen molar-refractivity contribution in [1.29, 1.82) is 0 Å². The zero-order valence-electron chi connectivity index (χ0n) is 11.9. The Kier molecular flexibility index (Phi) is 5.67. The van der Waals surface area contributed by atoms with E-state index in [4.69, 9.17) is 23.2 Å². The summed E-state index contributed by atoms with van der Waals surface area (Å²) in [6.07, 6.45) is 3.73. The van der Waals surface area contributed by atoms with E-state index in [-0.39, 0.29) is 16.8 Å². The van der Waals surface area contributed by atoms with Crippen LogP contribution in [0.3, 0.4) is 0 Å². The van der Waals surface area contributed by atoms with Crippen molar-refractivity contribution in [3.8, 4) is 0 Å². The van der Waals surface area contributed by atoms with Crippen LogP contribution in [0, 0.1) is 10.1 Å². The first-order valence-electron chi connectivity index (χ1n) is 7.09. The van der Waals surface area contributed by atoms with Crippen molar-refractivity contribution in [1.82, 2.24) is 4.90 Å². The van der Waals surface area contributed by atoms with E-state index in [0.29, 0.717) is 10.7 Å². The fourth-order valence-corrected chi connectivity index (χ4v) is 2.96. The van der Waals surface area contributed by atoms with Crippen LogP contribution >= 0.6 is 23.2 Å². The maximum atomic E-state index is 11.1. The fraction of sp³-hybridized carbons (Fsp3) is 0.571. The highest BCUT2D eigenvalue weighted by Gasteiger charge is 2.20. The Morgan fingerprint density at radius 3 is 2.52 bits per heavy atom. The lowest BCUT2D eigenvalue weighted by Crippen LogP contribution is -2.38. The SMILES string of the molecule is CC(CN1CCCCC1)Nc1cc(Cl)c(Cl)cc1[N+](=O)[O-]. The summed E-state index contributed by atoms with van der Waals surface area (Å²) in [5, 5.41) is 14.8. The number of hydrogen-bond acceptors (Lipinski definition) is 4. The number of nitro benzene ring substituents is 1. The van der Waals surface area contributed by atoms with Crippen LogP contribution in [-0.2, 0) is 0 Å². The van der Waals surface area contributed by atoms with E-state index in [1.807, 2.05) is 6.92 Å². The van der Waals surface area contributed by atoms with E-state index in [2.05, 4.69) is 10.2 Å². The minimum atomic E-state index is -0.446. The molecule has 7 heteroatoms. The number of likely N-dealkylation sites (tertiary alicyclic amines) is 1. The van der Waals surface area contributed by atoms with Crippen LogP contribution in [0.5, 0.6) is 0 Å². The van der Waals surface area contributed by atoms with E-state index >= 15 is 0 Å². The summed E-state index contributed by atoms with van der Waals surface area (Å²) in [7, 11) is 0. The van der Waals surface area contributed by atoms with E-state index in [1.54, 1.807) is 0 Å². The largest absolute Gasteiger partial charge is 0.376 e. The highest BCUT2D eigenvalue weighted by molar-refractivity contribution is 6.42. The second-order valence-electron chi connectivity index (χ2n) is 5.45. The molecule has 1 atom stereocenters. The predicted molar refractivity (Wildman–Crippen MR) is 86.5 cm³/mol. The summed E-state index contributed by atoms with van der Waals surface area (Å²) in [6.45, 7) is 5.06. The van der Waals surface area contributed by atoms with Gasteiger partial charge in [0.2, 0.25) is 0 Å². The quantitative estimate of drug-likeness (QED) is 0.649. The highest BCUT2D eigenvalue weighted by atomic mass is 35.5. The van der Waals surface area contributed by atoms with E-state index < -0.39 is 4.92 Å². The molecular weight excluding hydrogens is 313 g/mol. The van der Waals surface area contributed by atoms with Gasteiger partial charge in [-0.15, -0.1) is 0 Å². The van der Waals surface area contributed by atoms with Crippen LogP contribution in [-0.4, -0.2) is 35.5 Å². The van der Waals surface area contributed by atoms with Crippen molar-refractivity contribution in [2.24, 2.45) is 0 Å². The summed E-state index contributed by atoms with van der Waals surface area (Å²) < 4.78 is 0. The summed E-state index contributed by atoms with van der Waals surface area (Å²) in [4.78, 5) is 13.0. The number of anilines is 1. The van der Waals surface area contributed by atoms with Crippen molar-refractivity contribution >= 4 is 34.6 Å². The molecule has 21 heavy (non-hydrogen) atoms. The van der Waals surface area contributed by atoms with E-state index in [1.165, 1.54) is 31.4 Å². The van der Waals surface area contributed by atoms with Gasteiger partial charge in [-0.2, -0.15) is 0 Å². The van der Waals surface area contributed by atoms with Crippen LogP contribution in [0.15, 0.2) is 12.1 Å². The predicted octanol–water partition coefficient (Wildman–Crippen LogP) is 4.19. The molecule has 0 amide bonds. The number of hydrogen-bond donors (Lipinski definition) is 1. The van der Waals surface area contributed by atoms with Crippen LogP contribution in [0.1, 0.15) is 26.2 Å². The molecule has 1 unspecified atom stereocenters. The third-order valence-electron chi connectivity index (χ3n) is 3.62. The molecule has 0 spiro atoms. The molecule has 1 aromatic carbocycles. The third kappa shape index (κ3) is 4.46. The number of benzene rings is 1. The molecular formula is C14H19Cl2N3O2. The number of piperidine rings is 1. The topological polar surface area (TPSA) is 58.4 Å². The molecule has 1 fully saturated rings. The molecule has 0 bridgehead atoms. The molecule has 2 rings (SSSR count). The van der Waals surface area contributed by atoms with Crippen LogP contribution in [0.25, 0.3) is 0 Å². The average Bonchev–Trinajstić information content (AvgIpc) is 2.43. The lowest BCUT2D eigenvalue weighted by molar-refractivity contribution is -0.384. The van der Waals surface area contributed by atoms with Gasteiger partial charge >= 0.3 is 0 Å². The minimum absolute atomic E-state index is 0.0464. The molecule has 0 aliphatic carbocycles. The van der Waals surface area contributed by atoms with Crippen molar-refractivity contribution in [2.45, 2.75) is 32.2 Å². The van der Waals surface area contributed by atoms with Gasteiger partial charge in [0.15, 0.2) is 0 Å². The van der Waals surface area contributed by atoms with Gasteiger partial charge in [0, 0.05) is 18.7 Å². The molecule has 1 heterocycles. The summed E-state index contributed by atoms with van der Waals surface area (Å²) in [5.41, 5.74) is 0.369. The van der Waals surface area contributed by atoms with Gasteiger partial charge in [-0.05, 0) is 38.9 Å². The van der Waals surface area contributed by atoms with Gasteiger partial charge in [-0.25, -0.2) is 0 Å². The number of nitrogens with zero attached hydrogens (tertiary/aromatic N) is 2. The standard InChI is InChI=1S/C14H19Cl2N3O2/c1-10(9-18-5-3-2-4-6-18)17-13-7-11(15)12(16)8-14(13)19(20)21/h7-8,10,17H,2-6,9H2,1H3. The lowest BCUT2D eigenvalue weighted by Gasteiger charge is -2.29. The molecule has 1 aliphatic rings. The normalized spacial score (nSPS) is 17.5. The van der Waals surface area contributed by atoms with Crippen molar-refractivity contribution in [2.75, 3.05) is 25.0 Å². The molecule has 1 N–H and O–H groups in total. The summed E-state index contributed by atoms with van der Waals surface area (Å²) in [6, 6.07) is 2.91. The van der Waals surface area contributed by atoms with E-state index in [0.717, 1.165) is 19.6 Å². The second-order valence-corrected chi connectivity index (χ2v) is 6.26. The van der Waals surface area contributed by atoms with Gasteiger partial charge in [0.05, 0.1) is 15.0 Å². The molecule has 116 valence electrons. The third-order valence-corrected chi connectivity index (χ3v) is 4.34. The Bertz CT molecular complexity index is 519. The smallest absolute Gasteiger partial charge is 0.293 e. The molecule has 1 aliphatic heterocycles. The Hall–Kier alpha value is -1.04. The maximum Gasteiger partial charge on any atom is 0.293 e. The van der Waals surface area contributed by atoms with Crippen molar-refractivity contribution in [3.05, 3.63) is 32.3 Å². The number of halogens is 2. The van der Waals surface area contributed by atoms with Crippen LogP contribution in [0.4, 0.5) is 11.4 Å². The molecule has 0 aromatic heterocycles. The fourth-order valence-electron chi connectivity index (χ4n) is 2.64. The van der Waals surface area contributed by atoms with Crippen LogP contribution < -0.4 is 5.32 Å². The summed E-state index contributed by atoms with van der Waals surface area (Å²) >= 11 is 11.8. The van der Waals surface area contributed by atoms with Gasteiger partial charge < -0.3 is 10.2 Å². The second kappa shape index (κ2) is 7.29. The molecule has 1 saturated heterocycles. The van der Waals surface area contributed by atoms with E-state index in [9.17, 15) is 10.1 Å². The number of rotatable bonds is 5. The highest BCUT2D eigenvalue weighted by Crippen LogP contribution is 2.34. The molecule has 1 aromatic rings. The number of nitro groups is 1. The van der Waals surface area contributed by atoms with Gasteiger partial charge in [0.1, 0.15) is 5.69 Å². The first-order valence-corrected chi connectivity index (χ1v) is 7.85. The Morgan fingerprint density at radius 2 is 1.90 bits per heavy atom. The van der Waals surface area contributed by atoms with Gasteiger partial charge in [-0.3, -0.25) is 10.1 Å². The molecule has 0 radical (unpaired) electrons. The Morgan fingerprint density at radius 1 is 1.29 bits per heavy atom. The zero-order chi connectivity index (χ0) is 15.4. The maximum absolute atomic E-state index is 11.1. The van der Waals surface area contributed by atoms with Gasteiger partial charge in [0.25, 0.3) is 5.69 Å². The van der Waals surface area contributed by atoms with Crippen LogP contribution in [0.2, 0.25) is 10.0 Å². The molecule has 5 nitrogen and oxygen atoms in total. The Balaban J connectivity index is 2.07. The first kappa shape index (κ1) is 16.3. The minimum Gasteiger partial charge on any atom is -0.376 e. The Labute approximate surface area is 134 Å². The monoisotopic (exact) mass is 331 g/mol. The number of nitrogens with one attached hydrogen (secondary N) is 1. The first-order chi connectivity index (χ1) is 9.97. The summed E-state index contributed by atoms with van der Waals surface area (Å²) in [5.74, 6) is 0. The zero-order valence-corrected chi connectivity index (χ0v) is 13.5. The lowest BCUT2D eigenvalue weighted by atomic mass is 10.1.